The number of unbranched alkanes of at least 4 members (excludes halogenated alkanes) is 10. The predicted octanol–water partition coefficient (Wildman–Crippen LogP) is 7.16. The second-order valence-corrected chi connectivity index (χ2v) is 12.1. The molecule has 3 unspecified atom stereocenters. The van der Waals surface area contributed by atoms with Crippen molar-refractivity contribution >= 4 is 28.3 Å². The third-order valence-electron chi connectivity index (χ3n) is 5.83. The summed E-state index contributed by atoms with van der Waals surface area (Å²) in [4.78, 5) is 12.5. The molecule has 0 heterocycles. The molecule has 0 radical (unpaired) electrons. The molecule has 0 saturated carbocycles. The Kier molecular flexibility index (Phi) is 18.4. The number of rotatable bonds is 20. The molecule has 0 spiro atoms. The van der Waals surface area contributed by atoms with Crippen LogP contribution in [0.1, 0.15) is 118 Å². The molecular formula is C25H51NO6S2. The molecule has 0 aromatic carbocycles. The molecule has 204 valence electrons. The molecule has 0 aliphatic rings. The molecule has 0 aliphatic carbocycles. The molecule has 0 rings (SSSR count). The highest BCUT2D eigenvalue weighted by atomic mass is 32.3. The number of carbonyl (C=O) groups is 1. The van der Waals surface area contributed by atoms with Crippen LogP contribution in [-0.2, 0) is 19.3 Å². The van der Waals surface area contributed by atoms with E-state index in [9.17, 15) is 17.8 Å². The van der Waals surface area contributed by atoms with Crippen molar-refractivity contribution in [1.82, 2.24) is 5.32 Å². The zero-order chi connectivity index (χ0) is 26.0. The van der Waals surface area contributed by atoms with E-state index in [0.717, 1.165) is 19.3 Å². The molecule has 2 N–H and O–H groups in total. The number of thioether (sulfide) groups is 1. The van der Waals surface area contributed by atoms with Crippen LogP contribution in [0.15, 0.2) is 0 Å². The van der Waals surface area contributed by atoms with Crippen molar-refractivity contribution < 1.29 is 26.7 Å². The van der Waals surface area contributed by atoms with Gasteiger partial charge in [-0.3, -0.25) is 4.55 Å². The van der Waals surface area contributed by atoms with Gasteiger partial charge in [-0.1, -0.05) is 84.5 Å². The minimum atomic E-state index is -4.59. The van der Waals surface area contributed by atoms with Gasteiger partial charge in [-0.25, -0.2) is 8.98 Å². The Bertz CT molecular complexity index is 621. The minimum Gasteiger partial charge on any atom is -0.444 e. The van der Waals surface area contributed by atoms with Gasteiger partial charge in [-0.15, -0.1) is 0 Å². The van der Waals surface area contributed by atoms with Crippen molar-refractivity contribution in [1.29, 1.82) is 0 Å². The highest BCUT2D eigenvalue weighted by Crippen LogP contribution is 2.27. The first-order chi connectivity index (χ1) is 15.9. The average Bonchev–Trinajstić information content (AvgIpc) is 2.71. The van der Waals surface area contributed by atoms with E-state index in [0.29, 0.717) is 18.6 Å². The third-order valence-corrected chi connectivity index (χ3v) is 7.01. The highest BCUT2D eigenvalue weighted by molar-refractivity contribution is 7.98. The quantitative estimate of drug-likeness (QED) is 0.128. The lowest BCUT2D eigenvalue weighted by Crippen LogP contribution is -2.48. The minimum absolute atomic E-state index is 0.259. The van der Waals surface area contributed by atoms with E-state index in [-0.39, 0.29) is 12.0 Å². The number of amides is 1. The molecule has 7 nitrogen and oxygen atoms in total. The van der Waals surface area contributed by atoms with E-state index >= 15 is 0 Å². The van der Waals surface area contributed by atoms with Crippen molar-refractivity contribution in [3.8, 4) is 0 Å². The molecular weight excluding hydrogens is 474 g/mol. The van der Waals surface area contributed by atoms with Crippen molar-refractivity contribution in [3.63, 3.8) is 0 Å². The fourth-order valence-corrected chi connectivity index (χ4v) is 5.48. The second-order valence-electron chi connectivity index (χ2n) is 10.2. The van der Waals surface area contributed by atoms with Gasteiger partial charge in [0.05, 0.1) is 6.10 Å². The summed E-state index contributed by atoms with van der Waals surface area (Å²) < 4.78 is 42.7. The van der Waals surface area contributed by atoms with Crippen LogP contribution in [0, 0.1) is 5.92 Å². The lowest BCUT2D eigenvalue weighted by atomic mass is 9.87. The summed E-state index contributed by atoms with van der Waals surface area (Å²) in [6.45, 7) is 9.46. The summed E-state index contributed by atoms with van der Waals surface area (Å²) in [5.74, 6) is 0.332. The Morgan fingerprint density at radius 3 is 1.85 bits per heavy atom. The number of ether oxygens (including phenoxy) is 1. The van der Waals surface area contributed by atoms with Gasteiger partial charge in [0.25, 0.3) is 0 Å². The van der Waals surface area contributed by atoms with Crippen LogP contribution in [0.5, 0.6) is 0 Å². The highest BCUT2D eigenvalue weighted by Gasteiger charge is 2.33. The fraction of sp³-hybridized carbons (Fsp3) is 0.960. The van der Waals surface area contributed by atoms with Crippen LogP contribution >= 0.6 is 11.8 Å². The van der Waals surface area contributed by atoms with Gasteiger partial charge in [0.2, 0.25) is 0 Å². The third kappa shape index (κ3) is 18.8. The molecule has 0 aromatic rings. The van der Waals surface area contributed by atoms with Gasteiger partial charge < -0.3 is 10.1 Å². The van der Waals surface area contributed by atoms with Crippen LogP contribution in [0.3, 0.4) is 0 Å². The molecule has 0 aromatic heterocycles. The maximum absolute atomic E-state index is 12.5. The average molecular weight is 526 g/mol. The first-order valence-electron chi connectivity index (χ1n) is 13.1. The number of nitrogens with one attached hydrogen (secondary N) is 1. The molecule has 34 heavy (non-hydrogen) atoms. The van der Waals surface area contributed by atoms with Gasteiger partial charge in [-0.05, 0) is 39.9 Å². The molecule has 1 amide bonds. The SMILES string of the molecule is CCCCCCCCCCCCCC(C(CSC)NC(=O)OC(C)(C)C)C(CC)OS(=O)(=O)O. The number of hydrogen-bond donors (Lipinski definition) is 2. The van der Waals surface area contributed by atoms with Crippen molar-refractivity contribution in [2.75, 3.05) is 12.0 Å². The molecule has 0 fully saturated rings. The smallest absolute Gasteiger partial charge is 0.407 e. The van der Waals surface area contributed by atoms with E-state index in [1.54, 1.807) is 32.5 Å². The van der Waals surface area contributed by atoms with E-state index < -0.39 is 28.2 Å². The lowest BCUT2D eigenvalue weighted by Gasteiger charge is -2.33. The van der Waals surface area contributed by atoms with Gasteiger partial charge in [-0.2, -0.15) is 20.2 Å². The van der Waals surface area contributed by atoms with E-state index in [1.165, 1.54) is 51.4 Å². The zero-order valence-electron chi connectivity index (χ0n) is 22.4. The topological polar surface area (TPSA) is 102 Å². The number of alkyl carbamates (subject to hydrolysis) is 1. The molecule has 0 bridgehead atoms. The first-order valence-corrected chi connectivity index (χ1v) is 15.8. The predicted molar refractivity (Wildman–Crippen MR) is 143 cm³/mol. The van der Waals surface area contributed by atoms with E-state index in [4.69, 9.17) is 8.92 Å². The zero-order valence-corrected chi connectivity index (χ0v) is 24.1. The summed E-state index contributed by atoms with van der Waals surface area (Å²) in [6, 6.07) is -0.334. The Labute approximate surface area is 213 Å². The first kappa shape index (κ1) is 33.5. The maximum Gasteiger partial charge on any atom is 0.407 e. The van der Waals surface area contributed by atoms with Gasteiger partial charge in [0.15, 0.2) is 0 Å². The van der Waals surface area contributed by atoms with Gasteiger partial charge >= 0.3 is 16.5 Å². The van der Waals surface area contributed by atoms with Crippen molar-refractivity contribution in [2.24, 2.45) is 5.92 Å². The summed E-state index contributed by atoms with van der Waals surface area (Å²) in [5.41, 5.74) is -0.630. The second kappa shape index (κ2) is 18.7. The summed E-state index contributed by atoms with van der Waals surface area (Å²) in [5, 5.41) is 2.93. The van der Waals surface area contributed by atoms with E-state index in [1.807, 2.05) is 13.2 Å². The maximum atomic E-state index is 12.5. The van der Waals surface area contributed by atoms with Crippen LogP contribution in [0.4, 0.5) is 4.79 Å². The van der Waals surface area contributed by atoms with Crippen LogP contribution in [0.25, 0.3) is 0 Å². The Hall–Kier alpha value is -0.510. The molecule has 0 saturated heterocycles. The lowest BCUT2D eigenvalue weighted by molar-refractivity contribution is 0.0432. The van der Waals surface area contributed by atoms with Crippen LogP contribution < -0.4 is 5.32 Å². The Balaban J connectivity index is 4.89. The van der Waals surface area contributed by atoms with E-state index in [2.05, 4.69) is 12.2 Å². The summed E-state index contributed by atoms with van der Waals surface area (Å²) >= 11 is 1.57. The Morgan fingerprint density at radius 2 is 1.44 bits per heavy atom. The summed E-state index contributed by atoms with van der Waals surface area (Å²) in [7, 11) is -4.59. The molecule has 3 atom stereocenters. The van der Waals surface area contributed by atoms with Crippen molar-refractivity contribution in [2.45, 2.75) is 136 Å². The van der Waals surface area contributed by atoms with Crippen LogP contribution in [0.2, 0.25) is 0 Å². The fourth-order valence-electron chi connectivity index (χ4n) is 4.20. The van der Waals surface area contributed by atoms with Crippen LogP contribution in [-0.4, -0.2) is 48.8 Å². The largest absolute Gasteiger partial charge is 0.444 e. The monoisotopic (exact) mass is 525 g/mol. The van der Waals surface area contributed by atoms with Gasteiger partial charge in [0, 0.05) is 17.7 Å². The van der Waals surface area contributed by atoms with Gasteiger partial charge in [0.1, 0.15) is 5.60 Å². The molecule has 0 aliphatic heterocycles. The Morgan fingerprint density at radius 1 is 0.941 bits per heavy atom. The number of hydrogen-bond acceptors (Lipinski definition) is 6. The van der Waals surface area contributed by atoms with Crippen molar-refractivity contribution in [3.05, 3.63) is 0 Å². The standard InChI is InChI=1S/C25H51NO6S2/c1-7-9-10-11-12-13-14-15-16-17-18-19-21(23(8-2)32-34(28,29)30)22(20-33-6)26-24(27)31-25(3,4)5/h21-23H,7-20H2,1-6H3,(H,26,27)(H,28,29,30). The number of carbonyl (C=O) groups excluding carboxylic acids is 1. The molecule has 9 heteroatoms. The normalized spacial score (nSPS) is 15.0. The summed E-state index contributed by atoms with van der Waals surface area (Å²) in [6.07, 6.45) is 15.3.